The van der Waals surface area contributed by atoms with Crippen LogP contribution in [0.3, 0.4) is 0 Å². The summed E-state index contributed by atoms with van der Waals surface area (Å²) in [6.07, 6.45) is 1.89. The van der Waals surface area contributed by atoms with E-state index in [1.165, 1.54) is 11.3 Å². The van der Waals surface area contributed by atoms with Gasteiger partial charge in [-0.25, -0.2) is 0 Å². The van der Waals surface area contributed by atoms with Crippen molar-refractivity contribution >= 4 is 41.5 Å². The fraction of sp³-hybridized carbons (Fsp3) is 0.444. The van der Waals surface area contributed by atoms with Gasteiger partial charge in [0.05, 0.1) is 5.69 Å². The van der Waals surface area contributed by atoms with Gasteiger partial charge in [-0.2, -0.15) is 5.10 Å². The van der Waals surface area contributed by atoms with Crippen LogP contribution in [0, 0.1) is 0 Å². The number of hydrogen-bond donors (Lipinski definition) is 2. The maximum atomic E-state index is 6.19. The lowest BCUT2D eigenvalue weighted by atomic mass is 10.1. The van der Waals surface area contributed by atoms with Gasteiger partial charge in [0.15, 0.2) is 5.96 Å². The molecule has 0 bridgehead atoms. The van der Waals surface area contributed by atoms with Crippen LogP contribution in [0.5, 0.6) is 0 Å². The second-order valence-corrected chi connectivity index (χ2v) is 5.98. The molecular weight excluding hydrogens is 449 g/mol. The van der Waals surface area contributed by atoms with Gasteiger partial charge in [-0.05, 0) is 24.5 Å². The van der Waals surface area contributed by atoms with Crippen molar-refractivity contribution < 1.29 is 0 Å². The molecule has 5 nitrogen and oxygen atoms in total. The summed E-state index contributed by atoms with van der Waals surface area (Å²) in [6.45, 7) is 5.64. The van der Waals surface area contributed by atoms with Crippen molar-refractivity contribution in [1.82, 2.24) is 20.4 Å². The first kappa shape index (κ1) is 21.8. The molecule has 138 valence electrons. The Morgan fingerprint density at radius 3 is 2.44 bits per heavy atom. The molecule has 2 aromatic rings. The lowest BCUT2D eigenvalue weighted by molar-refractivity contribution is 0.702. The maximum absolute atomic E-state index is 6.19. The molecule has 0 saturated heterocycles. The number of aromatic nitrogens is 2. The average molecular weight is 476 g/mol. The lowest BCUT2D eigenvalue weighted by Crippen LogP contribution is -2.36. The first-order valence-corrected chi connectivity index (χ1v) is 8.70. The van der Waals surface area contributed by atoms with Crippen LogP contribution in [0.2, 0.25) is 5.02 Å². The topological polar surface area (TPSA) is 54.2 Å². The molecule has 0 spiro atoms. The van der Waals surface area contributed by atoms with Crippen molar-refractivity contribution in [3.8, 4) is 0 Å². The van der Waals surface area contributed by atoms with Crippen LogP contribution >= 0.6 is 35.6 Å². The quantitative estimate of drug-likeness (QED) is 0.381. The van der Waals surface area contributed by atoms with E-state index in [0.717, 1.165) is 35.1 Å². The van der Waals surface area contributed by atoms with Gasteiger partial charge < -0.3 is 10.6 Å². The van der Waals surface area contributed by atoms with Gasteiger partial charge in [0.2, 0.25) is 0 Å². The number of rotatable bonds is 6. The molecule has 0 aliphatic heterocycles. The van der Waals surface area contributed by atoms with Gasteiger partial charge in [0.1, 0.15) is 0 Å². The third-order valence-electron chi connectivity index (χ3n) is 4.09. The average Bonchev–Trinajstić information content (AvgIpc) is 2.91. The zero-order valence-corrected chi connectivity index (χ0v) is 18.4. The molecule has 0 aliphatic carbocycles. The minimum Gasteiger partial charge on any atom is -0.352 e. The SMILES string of the molecule is CCc1nn(C)c(CC)c1CNC(=NC)NCc1ccccc1Cl.I. The van der Waals surface area contributed by atoms with E-state index in [1.54, 1.807) is 7.05 Å². The highest BCUT2D eigenvalue weighted by atomic mass is 127. The maximum Gasteiger partial charge on any atom is 0.191 e. The molecule has 1 heterocycles. The van der Waals surface area contributed by atoms with Crippen LogP contribution in [-0.2, 0) is 33.0 Å². The molecule has 1 aromatic heterocycles. The van der Waals surface area contributed by atoms with Crippen molar-refractivity contribution in [3.63, 3.8) is 0 Å². The molecule has 0 unspecified atom stereocenters. The Labute approximate surface area is 172 Å². The van der Waals surface area contributed by atoms with Crippen molar-refractivity contribution in [2.24, 2.45) is 12.0 Å². The molecule has 0 saturated carbocycles. The molecule has 0 amide bonds. The lowest BCUT2D eigenvalue weighted by Gasteiger charge is -2.13. The van der Waals surface area contributed by atoms with E-state index in [2.05, 4.69) is 34.6 Å². The summed E-state index contributed by atoms with van der Waals surface area (Å²) < 4.78 is 1.98. The first-order valence-electron chi connectivity index (χ1n) is 8.32. The molecule has 25 heavy (non-hydrogen) atoms. The smallest absolute Gasteiger partial charge is 0.191 e. The van der Waals surface area contributed by atoms with Gasteiger partial charge >= 0.3 is 0 Å². The van der Waals surface area contributed by atoms with E-state index < -0.39 is 0 Å². The molecule has 0 aliphatic rings. The van der Waals surface area contributed by atoms with E-state index in [4.69, 9.17) is 11.6 Å². The molecule has 7 heteroatoms. The van der Waals surface area contributed by atoms with Crippen LogP contribution in [0.25, 0.3) is 0 Å². The summed E-state index contributed by atoms with van der Waals surface area (Å²) in [5.41, 5.74) is 4.72. The number of nitrogens with one attached hydrogen (secondary N) is 2. The summed E-state index contributed by atoms with van der Waals surface area (Å²) >= 11 is 6.19. The Morgan fingerprint density at radius 1 is 1.16 bits per heavy atom. The number of aliphatic imine (C=N–C) groups is 1. The Kier molecular flexibility index (Phi) is 9.27. The second-order valence-electron chi connectivity index (χ2n) is 5.57. The molecular formula is C18H27ClIN5. The van der Waals surface area contributed by atoms with Crippen LogP contribution in [-0.4, -0.2) is 22.8 Å². The molecule has 2 N–H and O–H groups in total. The number of aryl methyl sites for hydroxylation is 2. The Hall–Kier alpha value is -1.28. The van der Waals surface area contributed by atoms with Gasteiger partial charge in [0, 0.05) is 43.5 Å². The van der Waals surface area contributed by atoms with E-state index in [0.29, 0.717) is 13.1 Å². The minimum atomic E-state index is 0. The number of nitrogens with zero attached hydrogens (tertiary/aromatic N) is 3. The Morgan fingerprint density at radius 2 is 1.84 bits per heavy atom. The summed E-state index contributed by atoms with van der Waals surface area (Å²) in [6, 6.07) is 7.81. The highest BCUT2D eigenvalue weighted by Gasteiger charge is 2.13. The predicted molar refractivity (Wildman–Crippen MR) is 116 cm³/mol. The second kappa shape index (κ2) is 10.7. The van der Waals surface area contributed by atoms with Crippen LogP contribution in [0.15, 0.2) is 29.3 Å². The summed E-state index contributed by atoms with van der Waals surface area (Å²) in [5, 5.41) is 12.1. The number of hydrogen-bond acceptors (Lipinski definition) is 2. The zero-order chi connectivity index (χ0) is 17.5. The predicted octanol–water partition coefficient (Wildman–Crippen LogP) is 3.68. The highest BCUT2D eigenvalue weighted by Crippen LogP contribution is 2.16. The monoisotopic (exact) mass is 475 g/mol. The molecule has 2 rings (SSSR count). The molecule has 0 atom stereocenters. The van der Waals surface area contributed by atoms with Gasteiger partial charge in [-0.1, -0.05) is 43.6 Å². The third kappa shape index (κ3) is 5.60. The van der Waals surface area contributed by atoms with Crippen LogP contribution in [0.4, 0.5) is 0 Å². The Balaban J connectivity index is 0.00000312. The first-order chi connectivity index (χ1) is 11.6. The Bertz CT molecular complexity index is 711. The summed E-state index contributed by atoms with van der Waals surface area (Å²) in [4.78, 5) is 4.29. The van der Waals surface area contributed by atoms with E-state index in [-0.39, 0.29) is 24.0 Å². The zero-order valence-electron chi connectivity index (χ0n) is 15.3. The fourth-order valence-electron chi connectivity index (χ4n) is 2.81. The molecule has 0 fully saturated rings. The van der Waals surface area contributed by atoms with E-state index in [9.17, 15) is 0 Å². The number of halogens is 2. The summed E-state index contributed by atoms with van der Waals surface area (Å²) in [5.74, 6) is 0.753. The van der Waals surface area contributed by atoms with E-state index in [1.807, 2.05) is 36.0 Å². The van der Waals surface area contributed by atoms with Gasteiger partial charge in [-0.3, -0.25) is 9.67 Å². The van der Waals surface area contributed by atoms with Crippen molar-refractivity contribution in [1.29, 1.82) is 0 Å². The van der Waals surface area contributed by atoms with Gasteiger partial charge in [-0.15, -0.1) is 24.0 Å². The van der Waals surface area contributed by atoms with E-state index >= 15 is 0 Å². The highest BCUT2D eigenvalue weighted by molar-refractivity contribution is 14.0. The summed E-state index contributed by atoms with van der Waals surface area (Å²) in [7, 11) is 3.78. The number of benzene rings is 1. The standard InChI is InChI=1S/C18H26ClN5.HI/c1-5-16-14(17(6-2)24(4)23-16)12-22-18(20-3)21-11-13-9-7-8-10-15(13)19;/h7-10H,5-6,11-12H2,1-4H3,(H2,20,21,22);1H. The normalized spacial score (nSPS) is 11.2. The molecule has 0 radical (unpaired) electrons. The minimum absolute atomic E-state index is 0. The van der Waals surface area contributed by atoms with Crippen LogP contribution in [0.1, 0.15) is 36.4 Å². The van der Waals surface area contributed by atoms with Crippen molar-refractivity contribution in [3.05, 3.63) is 51.8 Å². The van der Waals surface area contributed by atoms with Gasteiger partial charge in [0.25, 0.3) is 0 Å². The fourth-order valence-corrected chi connectivity index (χ4v) is 3.01. The molecule has 1 aromatic carbocycles. The van der Waals surface area contributed by atoms with Crippen molar-refractivity contribution in [2.45, 2.75) is 39.8 Å². The largest absolute Gasteiger partial charge is 0.352 e. The number of guanidine groups is 1. The van der Waals surface area contributed by atoms with Crippen LogP contribution < -0.4 is 10.6 Å². The third-order valence-corrected chi connectivity index (χ3v) is 4.46. The van der Waals surface area contributed by atoms with Crippen molar-refractivity contribution in [2.75, 3.05) is 7.05 Å².